The number of piperidine rings is 1. The van der Waals surface area contributed by atoms with E-state index in [1.165, 1.54) is 23.5 Å². The van der Waals surface area contributed by atoms with Gasteiger partial charge < -0.3 is 4.98 Å². The monoisotopic (exact) mass is 262 g/mol. The maximum atomic E-state index is 4.50. The standard InChI is InChI=1S/C13H18N4S/c1-13(12-15-4-7-18-12)2-5-17(6-3-13)9-11-8-14-10-16-11/h4,7-8,10H,2-3,5-6,9H2,1H3,(H,14,16). The summed E-state index contributed by atoms with van der Waals surface area (Å²) in [7, 11) is 0. The van der Waals surface area contributed by atoms with Crippen molar-refractivity contribution >= 4 is 11.3 Å². The maximum absolute atomic E-state index is 4.50. The Morgan fingerprint density at radius 2 is 2.28 bits per heavy atom. The highest BCUT2D eigenvalue weighted by molar-refractivity contribution is 7.09. The molecule has 1 aliphatic heterocycles. The average Bonchev–Trinajstić information content (AvgIpc) is 3.04. The Morgan fingerprint density at radius 3 is 2.89 bits per heavy atom. The third-order valence-electron chi connectivity index (χ3n) is 3.86. The second-order valence-corrected chi connectivity index (χ2v) is 6.15. The molecular formula is C13H18N4S. The van der Waals surface area contributed by atoms with Gasteiger partial charge in [0.05, 0.1) is 11.3 Å². The smallest absolute Gasteiger partial charge is 0.0984 e. The third-order valence-corrected chi connectivity index (χ3v) is 4.94. The van der Waals surface area contributed by atoms with Crippen molar-refractivity contribution < 1.29 is 0 Å². The van der Waals surface area contributed by atoms with Crippen molar-refractivity contribution in [3.05, 3.63) is 34.8 Å². The molecule has 0 spiro atoms. The average molecular weight is 262 g/mol. The van der Waals surface area contributed by atoms with Gasteiger partial charge in [0, 0.05) is 35.4 Å². The molecule has 0 aromatic carbocycles. The van der Waals surface area contributed by atoms with Gasteiger partial charge in [-0.25, -0.2) is 9.97 Å². The zero-order valence-corrected chi connectivity index (χ0v) is 11.4. The van der Waals surface area contributed by atoms with E-state index in [1.54, 1.807) is 17.7 Å². The molecule has 18 heavy (non-hydrogen) atoms. The fourth-order valence-electron chi connectivity index (χ4n) is 2.55. The van der Waals surface area contributed by atoms with Gasteiger partial charge in [0.2, 0.25) is 0 Å². The molecule has 1 saturated heterocycles. The highest BCUT2D eigenvalue weighted by atomic mass is 32.1. The molecule has 2 aromatic rings. The number of hydrogen-bond acceptors (Lipinski definition) is 4. The van der Waals surface area contributed by atoms with Crippen LogP contribution in [-0.4, -0.2) is 32.9 Å². The maximum Gasteiger partial charge on any atom is 0.0984 e. The molecule has 3 heterocycles. The normalized spacial score (nSPS) is 20.1. The number of hydrogen-bond donors (Lipinski definition) is 1. The van der Waals surface area contributed by atoms with Crippen LogP contribution in [0.2, 0.25) is 0 Å². The van der Waals surface area contributed by atoms with Crippen molar-refractivity contribution in [2.75, 3.05) is 13.1 Å². The van der Waals surface area contributed by atoms with Crippen LogP contribution in [0.15, 0.2) is 24.1 Å². The van der Waals surface area contributed by atoms with E-state index in [2.05, 4.69) is 32.2 Å². The predicted molar refractivity (Wildman–Crippen MR) is 72.6 cm³/mol. The van der Waals surface area contributed by atoms with Crippen molar-refractivity contribution in [2.24, 2.45) is 0 Å². The van der Waals surface area contributed by atoms with Crippen LogP contribution < -0.4 is 0 Å². The highest BCUT2D eigenvalue weighted by Gasteiger charge is 2.33. The molecule has 1 fully saturated rings. The second kappa shape index (κ2) is 4.82. The summed E-state index contributed by atoms with van der Waals surface area (Å²) in [5.74, 6) is 0. The van der Waals surface area contributed by atoms with Gasteiger partial charge in [-0.2, -0.15) is 0 Å². The molecule has 5 heteroatoms. The molecule has 0 amide bonds. The Kier molecular flexibility index (Phi) is 3.18. The van der Waals surface area contributed by atoms with Crippen molar-refractivity contribution in [3.63, 3.8) is 0 Å². The molecular weight excluding hydrogens is 244 g/mol. The van der Waals surface area contributed by atoms with E-state index in [-0.39, 0.29) is 5.41 Å². The number of aromatic amines is 1. The summed E-state index contributed by atoms with van der Waals surface area (Å²) in [5.41, 5.74) is 1.48. The predicted octanol–water partition coefficient (Wildman–Crippen LogP) is 2.42. The molecule has 3 rings (SSSR count). The molecule has 1 aliphatic rings. The zero-order valence-electron chi connectivity index (χ0n) is 10.6. The SMILES string of the molecule is CC1(c2nccs2)CCN(Cc2cnc[nH]2)CC1. The van der Waals surface area contributed by atoms with Crippen LogP contribution in [0.25, 0.3) is 0 Å². The Balaban J connectivity index is 1.61. The first kappa shape index (κ1) is 11.9. The van der Waals surface area contributed by atoms with Gasteiger partial charge in [-0.1, -0.05) is 6.92 Å². The zero-order chi connectivity index (χ0) is 12.4. The van der Waals surface area contributed by atoms with Gasteiger partial charge in [-0.3, -0.25) is 4.90 Å². The third kappa shape index (κ3) is 2.33. The van der Waals surface area contributed by atoms with E-state index in [1.807, 2.05) is 12.4 Å². The van der Waals surface area contributed by atoms with Crippen LogP contribution in [-0.2, 0) is 12.0 Å². The lowest BCUT2D eigenvalue weighted by molar-refractivity contribution is 0.160. The van der Waals surface area contributed by atoms with Crippen LogP contribution in [0, 0.1) is 0 Å². The molecule has 0 atom stereocenters. The van der Waals surface area contributed by atoms with E-state index in [0.29, 0.717) is 0 Å². The largest absolute Gasteiger partial charge is 0.347 e. The molecule has 0 radical (unpaired) electrons. The summed E-state index contributed by atoms with van der Waals surface area (Å²) in [6, 6.07) is 0. The Hall–Kier alpha value is -1.20. The van der Waals surface area contributed by atoms with Crippen LogP contribution in [0.3, 0.4) is 0 Å². The van der Waals surface area contributed by atoms with Crippen molar-refractivity contribution in [1.29, 1.82) is 0 Å². The van der Waals surface area contributed by atoms with Gasteiger partial charge in [0.15, 0.2) is 0 Å². The number of H-pyrrole nitrogens is 1. The minimum atomic E-state index is 0.276. The van der Waals surface area contributed by atoms with Crippen LogP contribution >= 0.6 is 11.3 Å². The van der Waals surface area contributed by atoms with Gasteiger partial charge in [-0.05, 0) is 25.9 Å². The Morgan fingerprint density at radius 1 is 1.44 bits per heavy atom. The first-order valence-corrected chi connectivity index (χ1v) is 7.24. The summed E-state index contributed by atoms with van der Waals surface area (Å²) in [6.45, 7) is 5.59. The number of rotatable bonds is 3. The van der Waals surface area contributed by atoms with E-state index < -0.39 is 0 Å². The number of imidazole rings is 1. The second-order valence-electron chi connectivity index (χ2n) is 5.25. The molecule has 1 N–H and O–H groups in total. The number of aromatic nitrogens is 3. The fourth-order valence-corrected chi connectivity index (χ4v) is 3.41. The van der Waals surface area contributed by atoms with Gasteiger partial charge in [0.1, 0.15) is 0 Å². The van der Waals surface area contributed by atoms with Crippen LogP contribution in [0.4, 0.5) is 0 Å². The number of likely N-dealkylation sites (tertiary alicyclic amines) is 1. The van der Waals surface area contributed by atoms with Crippen LogP contribution in [0.5, 0.6) is 0 Å². The molecule has 0 bridgehead atoms. The first-order valence-electron chi connectivity index (χ1n) is 6.36. The van der Waals surface area contributed by atoms with Crippen molar-refractivity contribution in [1.82, 2.24) is 19.9 Å². The van der Waals surface area contributed by atoms with E-state index in [0.717, 1.165) is 19.6 Å². The summed E-state index contributed by atoms with van der Waals surface area (Å²) in [4.78, 5) is 14.2. The molecule has 4 nitrogen and oxygen atoms in total. The fraction of sp³-hybridized carbons (Fsp3) is 0.538. The minimum Gasteiger partial charge on any atom is -0.347 e. The van der Waals surface area contributed by atoms with Gasteiger partial charge >= 0.3 is 0 Å². The van der Waals surface area contributed by atoms with E-state index >= 15 is 0 Å². The van der Waals surface area contributed by atoms with Crippen molar-refractivity contribution in [2.45, 2.75) is 31.7 Å². The highest BCUT2D eigenvalue weighted by Crippen LogP contribution is 2.36. The van der Waals surface area contributed by atoms with Crippen LogP contribution in [0.1, 0.15) is 30.5 Å². The van der Waals surface area contributed by atoms with E-state index in [9.17, 15) is 0 Å². The lowest BCUT2D eigenvalue weighted by atomic mass is 9.81. The van der Waals surface area contributed by atoms with Gasteiger partial charge in [0.25, 0.3) is 0 Å². The molecule has 0 unspecified atom stereocenters. The summed E-state index contributed by atoms with van der Waals surface area (Å²) in [5, 5.41) is 3.38. The summed E-state index contributed by atoms with van der Waals surface area (Å²) in [6.07, 6.45) is 7.96. The molecule has 2 aromatic heterocycles. The lowest BCUT2D eigenvalue weighted by Crippen LogP contribution is -2.40. The molecule has 96 valence electrons. The summed E-state index contributed by atoms with van der Waals surface area (Å²) < 4.78 is 0. The topological polar surface area (TPSA) is 44.8 Å². The number of nitrogens with one attached hydrogen (secondary N) is 1. The first-order chi connectivity index (χ1) is 8.76. The molecule has 0 saturated carbocycles. The summed E-state index contributed by atoms with van der Waals surface area (Å²) >= 11 is 1.79. The number of nitrogens with zero attached hydrogens (tertiary/aromatic N) is 3. The Labute approximate surface area is 111 Å². The molecule has 0 aliphatic carbocycles. The quantitative estimate of drug-likeness (QED) is 0.924. The lowest BCUT2D eigenvalue weighted by Gasteiger charge is -2.37. The van der Waals surface area contributed by atoms with Crippen molar-refractivity contribution in [3.8, 4) is 0 Å². The van der Waals surface area contributed by atoms with E-state index in [4.69, 9.17) is 0 Å². The number of thiazole rings is 1. The van der Waals surface area contributed by atoms with Gasteiger partial charge in [-0.15, -0.1) is 11.3 Å². The minimum absolute atomic E-state index is 0.276. The Bertz CT molecular complexity index is 469.